The van der Waals surface area contributed by atoms with Crippen LogP contribution in [0.4, 0.5) is 0 Å². The van der Waals surface area contributed by atoms with Crippen molar-refractivity contribution in [3.63, 3.8) is 0 Å². The first-order chi connectivity index (χ1) is 8.22. The van der Waals surface area contributed by atoms with Crippen LogP contribution in [0.1, 0.15) is 34.6 Å². The van der Waals surface area contributed by atoms with Crippen LogP contribution in [-0.2, 0) is 0 Å². The molecule has 1 aromatic rings. The van der Waals surface area contributed by atoms with E-state index in [0.717, 1.165) is 22.6 Å². The highest BCUT2D eigenvalue weighted by Gasteiger charge is 2.35. The lowest BCUT2D eigenvalue weighted by molar-refractivity contribution is -0.0427. The summed E-state index contributed by atoms with van der Waals surface area (Å²) in [6.07, 6.45) is 0. The highest BCUT2D eigenvalue weighted by molar-refractivity contribution is 7.49. The number of hydrogen-bond donors (Lipinski definition) is 0. The number of halogens is 1. The summed E-state index contributed by atoms with van der Waals surface area (Å²) in [4.78, 5) is 0. The van der Waals surface area contributed by atoms with Crippen LogP contribution < -0.4 is 19.5 Å². The number of ether oxygens (including phenoxy) is 3. The molecular weight excluding hydrogens is 283 g/mol. The number of benzene rings is 1. The van der Waals surface area contributed by atoms with E-state index in [1.165, 1.54) is 0 Å². The molecule has 0 fully saturated rings. The van der Waals surface area contributed by atoms with Crippen LogP contribution in [0.3, 0.4) is 0 Å². The molecule has 1 atom stereocenters. The maximum absolute atomic E-state index is 5.92. The van der Waals surface area contributed by atoms with Crippen molar-refractivity contribution in [1.82, 2.24) is 0 Å². The summed E-state index contributed by atoms with van der Waals surface area (Å²) < 4.78 is 17.2. The third kappa shape index (κ3) is 3.67. The average Bonchev–Trinajstić information content (AvgIpc) is 2.51. The van der Waals surface area contributed by atoms with Crippen LogP contribution in [0.2, 0.25) is 0 Å². The lowest BCUT2D eigenvalue weighted by Gasteiger charge is -2.22. The maximum atomic E-state index is 5.92. The molecule has 1 aromatic carbocycles. The number of methoxy groups -OCH3 is 1. The molecule has 0 saturated heterocycles. The molecule has 0 aliphatic carbocycles. The van der Waals surface area contributed by atoms with Gasteiger partial charge < -0.3 is 14.2 Å². The van der Waals surface area contributed by atoms with Crippen LogP contribution in [0, 0.1) is 0 Å². The molecule has 0 aromatic heterocycles. The van der Waals surface area contributed by atoms with E-state index in [-0.39, 0.29) is 17.6 Å². The summed E-state index contributed by atoms with van der Waals surface area (Å²) in [5.41, 5.74) is 0. The molecule has 19 heavy (non-hydrogen) atoms. The Balaban J connectivity index is 0.00000180. The van der Waals surface area contributed by atoms with Crippen molar-refractivity contribution in [2.75, 3.05) is 7.11 Å². The molecule has 5 heteroatoms. The maximum Gasteiger partial charge on any atom is 0.246 e. The van der Waals surface area contributed by atoms with Crippen LogP contribution in [0.5, 0.6) is 17.2 Å². The Kier molecular flexibility index (Phi) is 4.64. The summed E-state index contributed by atoms with van der Waals surface area (Å²) in [6, 6.07) is 3.87. The summed E-state index contributed by atoms with van der Waals surface area (Å²) in [5.74, 6) is 1.94. The Morgan fingerprint density at radius 3 is 2.32 bits per heavy atom. The molecule has 108 valence electrons. The first kappa shape index (κ1) is 16.4. The second kappa shape index (κ2) is 5.38. The average molecular weight is 305 g/mol. The largest absolute Gasteiger partial charge is 0.496 e. The zero-order chi connectivity index (χ0) is 13.6. The molecule has 2 rings (SSSR count). The summed E-state index contributed by atoms with van der Waals surface area (Å²) in [5, 5.41) is 1.31. The fourth-order valence-electron chi connectivity index (χ4n) is 1.92. The third-order valence-corrected chi connectivity index (χ3v) is 3.98. The number of rotatable bonds is 2. The molecule has 0 bridgehead atoms. The molecule has 1 heterocycles. The minimum absolute atomic E-state index is 0. The van der Waals surface area contributed by atoms with Crippen LogP contribution in [0.25, 0.3) is 0 Å². The van der Waals surface area contributed by atoms with Gasteiger partial charge >= 0.3 is 0 Å². The van der Waals surface area contributed by atoms with Gasteiger partial charge in [-0.05, 0) is 17.3 Å². The first-order valence-electron chi connectivity index (χ1n) is 6.09. The van der Waals surface area contributed by atoms with E-state index in [1.807, 2.05) is 26.0 Å². The number of hydrogen-bond acceptors (Lipinski definition) is 3. The Morgan fingerprint density at radius 1 is 1.16 bits per heavy atom. The fraction of sp³-hybridized carbons (Fsp3) is 0.571. The lowest BCUT2D eigenvalue weighted by atomic mass is 10.2. The van der Waals surface area contributed by atoms with E-state index >= 15 is 0 Å². The van der Waals surface area contributed by atoms with Crippen molar-refractivity contribution < 1.29 is 14.2 Å². The Hall–Kier alpha value is -0.660. The molecular formula is C14H22ClO3P. The summed E-state index contributed by atoms with van der Waals surface area (Å²) >= 11 is 0. The van der Waals surface area contributed by atoms with Crippen molar-refractivity contribution in [3.05, 3.63) is 12.1 Å². The van der Waals surface area contributed by atoms with E-state index in [4.69, 9.17) is 14.2 Å². The van der Waals surface area contributed by atoms with Gasteiger partial charge in [0.05, 0.1) is 12.4 Å². The summed E-state index contributed by atoms with van der Waals surface area (Å²) in [6.45, 7) is 10.5. The molecule has 1 aliphatic rings. The monoisotopic (exact) mass is 304 g/mol. The SMILES string of the molecule is COc1ccc2c(c1PC(C)(C)C)OC(C)(C)O2.Cl. The van der Waals surface area contributed by atoms with Crippen LogP contribution >= 0.6 is 21.0 Å². The van der Waals surface area contributed by atoms with Crippen molar-refractivity contribution in [2.45, 2.75) is 45.6 Å². The molecule has 1 aliphatic heterocycles. The molecule has 0 N–H and O–H groups in total. The molecule has 0 saturated carbocycles. The van der Waals surface area contributed by atoms with Gasteiger partial charge in [-0.25, -0.2) is 0 Å². The zero-order valence-corrected chi connectivity index (χ0v) is 14.1. The predicted octanol–water partition coefficient (Wildman–Crippen LogP) is 3.73. The van der Waals surface area contributed by atoms with Gasteiger partial charge in [-0.1, -0.05) is 29.4 Å². The molecule has 0 spiro atoms. The first-order valence-corrected chi connectivity index (χ1v) is 7.09. The minimum Gasteiger partial charge on any atom is -0.496 e. The Morgan fingerprint density at radius 2 is 1.79 bits per heavy atom. The second-order valence-electron chi connectivity index (χ2n) is 5.95. The smallest absolute Gasteiger partial charge is 0.246 e. The van der Waals surface area contributed by atoms with Gasteiger partial charge in [0.25, 0.3) is 0 Å². The second-order valence-corrected chi connectivity index (χ2v) is 8.20. The van der Waals surface area contributed by atoms with E-state index < -0.39 is 5.79 Å². The minimum atomic E-state index is -0.591. The van der Waals surface area contributed by atoms with Crippen molar-refractivity contribution in [2.24, 2.45) is 0 Å². The molecule has 3 nitrogen and oxygen atoms in total. The van der Waals surface area contributed by atoms with Crippen LogP contribution in [-0.4, -0.2) is 18.1 Å². The fourth-order valence-corrected chi connectivity index (χ4v) is 3.27. The molecule has 1 unspecified atom stereocenters. The Bertz CT molecular complexity index is 466. The lowest BCUT2D eigenvalue weighted by Crippen LogP contribution is -2.30. The Labute approximate surface area is 123 Å². The van der Waals surface area contributed by atoms with Gasteiger partial charge in [0.1, 0.15) is 5.75 Å². The number of fused-ring (bicyclic) bond motifs is 1. The van der Waals surface area contributed by atoms with Gasteiger partial charge in [-0.3, -0.25) is 0 Å². The third-order valence-electron chi connectivity index (χ3n) is 2.51. The highest BCUT2D eigenvalue weighted by Crippen LogP contribution is 2.46. The van der Waals surface area contributed by atoms with Gasteiger partial charge in [0.15, 0.2) is 11.5 Å². The van der Waals surface area contributed by atoms with E-state index in [1.54, 1.807) is 7.11 Å². The zero-order valence-electron chi connectivity index (χ0n) is 12.3. The molecule has 0 amide bonds. The van der Waals surface area contributed by atoms with Crippen molar-refractivity contribution in [1.29, 1.82) is 0 Å². The topological polar surface area (TPSA) is 27.7 Å². The van der Waals surface area contributed by atoms with Gasteiger partial charge in [-0.15, -0.1) is 12.4 Å². The van der Waals surface area contributed by atoms with Gasteiger partial charge in [0, 0.05) is 13.8 Å². The van der Waals surface area contributed by atoms with E-state index in [2.05, 4.69) is 20.8 Å². The van der Waals surface area contributed by atoms with Gasteiger partial charge in [0.2, 0.25) is 5.79 Å². The van der Waals surface area contributed by atoms with Crippen molar-refractivity contribution >= 4 is 26.3 Å². The van der Waals surface area contributed by atoms with E-state index in [9.17, 15) is 0 Å². The predicted molar refractivity (Wildman–Crippen MR) is 83.3 cm³/mol. The highest BCUT2D eigenvalue weighted by atomic mass is 35.5. The molecule has 0 radical (unpaired) electrons. The summed E-state index contributed by atoms with van der Waals surface area (Å²) in [7, 11) is 2.30. The quantitative estimate of drug-likeness (QED) is 0.779. The standard InChI is InChI=1S/C14H21O3P.ClH/c1-13(2,3)18-12-10(15-6)8-7-9-11(12)17-14(4,5)16-9;/h7-8,18H,1-6H3;1H. The van der Waals surface area contributed by atoms with Crippen molar-refractivity contribution in [3.8, 4) is 17.2 Å². The normalized spacial score (nSPS) is 16.5. The van der Waals surface area contributed by atoms with E-state index in [0.29, 0.717) is 8.58 Å². The van der Waals surface area contributed by atoms with Crippen LogP contribution in [0.15, 0.2) is 12.1 Å². The van der Waals surface area contributed by atoms with Gasteiger partial charge in [-0.2, -0.15) is 0 Å².